The molecule has 0 saturated heterocycles. The van der Waals surface area contributed by atoms with Crippen LogP contribution in [0.4, 0.5) is 4.39 Å². The normalized spacial score (nSPS) is 13.6. The highest BCUT2D eigenvalue weighted by atomic mass is 19.1. The highest BCUT2D eigenvalue weighted by molar-refractivity contribution is 5.20. The molecule has 0 aliphatic carbocycles. The van der Waals surface area contributed by atoms with E-state index < -0.39 is 0 Å². The number of rotatable bonds is 7. The average molecular weight is 253 g/mol. The van der Waals surface area contributed by atoms with Crippen LogP contribution in [0.3, 0.4) is 0 Å². The molecule has 2 nitrogen and oxygen atoms in total. The van der Waals surface area contributed by atoms with Crippen molar-refractivity contribution in [2.75, 3.05) is 13.2 Å². The molecule has 1 atom stereocenters. The Morgan fingerprint density at radius 1 is 1.33 bits per heavy atom. The van der Waals surface area contributed by atoms with Gasteiger partial charge in [0.25, 0.3) is 0 Å². The van der Waals surface area contributed by atoms with Crippen LogP contribution in [0.5, 0.6) is 0 Å². The molecule has 102 valence electrons. The number of nitrogens with one attached hydrogen (secondary N) is 1. The molecule has 0 aliphatic heterocycles. The lowest BCUT2D eigenvalue weighted by molar-refractivity contribution is 0.232. The molecule has 3 heteroatoms. The van der Waals surface area contributed by atoms with E-state index in [4.69, 9.17) is 5.11 Å². The van der Waals surface area contributed by atoms with Gasteiger partial charge in [-0.15, -0.1) is 0 Å². The minimum atomic E-state index is -0.161. The number of aliphatic hydroxyl groups is 1. The lowest BCUT2D eigenvalue weighted by atomic mass is 9.87. The molecule has 0 fully saturated rings. The summed E-state index contributed by atoms with van der Waals surface area (Å²) in [4.78, 5) is 0. The number of hydrogen-bond donors (Lipinski definition) is 2. The van der Waals surface area contributed by atoms with Gasteiger partial charge in [-0.25, -0.2) is 4.39 Å². The Labute approximate surface area is 109 Å². The summed E-state index contributed by atoms with van der Waals surface area (Å²) in [6.45, 7) is 7.32. The fourth-order valence-corrected chi connectivity index (χ4v) is 2.01. The Morgan fingerprint density at radius 2 is 2.00 bits per heavy atom. The highest BCUT2D eigenvalue weighted by Gasteiger charge is 2.19. The monoisotopic (exact) mass is 253 g/mol. The summed E-state index contributed by atoms with van der Waals surface area (Å²) in [6, 6.07) is 6.86. The van der Waals surface area contributed by atoms with Crippen LogP contribution in [0.2, 0.25) is 0 Å². The molecule has 0 aliphatic rings. The van der Waals surface area contributed by atoms with Crippen molar-refractivity contribution in [3.05, 3.63) is 35.6 Å². The number of hydrogen-bond acceptors (Lipinski definition) is 2. The van der Waals surface area contributed by atoms with E-state index in [9.17, 15) is 4.39 Å². The topological polar surface area (TPSA) is 32.3 Å². The highest BCUT2D eigenvalue weighted by Crippen LogP contribution is 2.23. The number of halogens is 1. The van der Waals surface area contributed by atoms with Gasteiger partial charge in [0, 0.05) is 24.8 Å². The van der Waals surface area contributed by atoms with E-state index in [1.165, 1.54) is 6.07 Å². The van der Waals surface area contributed by atoms with Crippen LogP contribution < -0.4 is 5.32 Å². The third-order valence-corrected chi connectivity index (χ3v) is 3.27. The van der Waals surface area contributed by atoms with Gasteiger partial charge in [-0.2, -0.15) is 0 Å². The van der Waals surface area contributed by atoms with Gasteiger partial charge >= 0.3 is 0 Å². The van der Waals surface area contributed by atoms with Gasteiger partial charge in [0.1, 0.15) is 5.82 Å². The summed E-state index contributed by atoms with van der Waals surface area (Å²) in [5, 5.41) is 12.2. The van der Waals surface area contributed by atoms with E-state index in [2.05, 4.69) is 19.2 Å². The van der Waals surface area contributed by atoms with Crippen molar-refractivity contribution in [1.82, 2.24) is 5.32 Å². The maximum absolute atomic E-state index is 13.6. The fourth-order valence-electron chi connectivity index (χ4n) is 2.01. The molecule has 0 amide bonds. The van der Waals surface area contributed by atoms with Gasteiger partial charge in [0.05, 0.1) is 0 Å². The molecule has 0 aromatic heterocycles. The van der Waals surface area contributed by atoms with Crippen molar-refractivity contribution in [1.29, 1.82) is 0 Å². The first-order chi connectivity index (χ1) is 8.46. The molecular formula is C15H24FNO. The molecule has 1 unspecified atom stereocenters. The third kappa shape index (κ3) is 4.75. The third-order valence-electron chi connectivity index (χ3n) is 3.27. The summed E-state index contributed by atoms with van der Waals surface area (Å²) < 4.78 is 13.6. The second-order valence-electron chi connectivity index (χ2n) is 5.62. The van der Waals surface area contributed by atoms with E-state index in [1.54, 1.807) is 6.07 Å². The summed E-state index contributed by atoms with van der Waals surface area (Å²) in [6.07, 6.45) is 1.77. The van der Waals surface area contributed by atoms with Crippen LogP contribution in [0.25, 0.3) is 0 Å². The van der Waals surface area contributed by atoms with E-state index in [-0.39, 0.29) is 23.9 Å². The second-order valence-corrected chi connectivity index (χ2v) is 5.62. The zero-order chi connectivity index (χ0) is 13.6. The van der Waals surface area contributed by atoms with Gasteiger partial charge < -0.3 is 10.4 Å². The van der Waals surface area contributed by atoms with Crippen LogP contribution in [-0.4, -0.2) is 18.3 Å². The molecule has 1 rings (SSSR count). The van der Waals surface area contributed by atoms with Crippen molar-refractivity contribution in [3.8, 4) is 0 Å². The molecule has 0 saturated carbocycles. The average Bonchev–Trinajstić information content (AvgIpc) is 2.34. The largest absolute Gasteiger partial charge is 0.396 e. The molecule has 1 aromatic carbocycles. The Balaban J connectivity index is 2.51. The van der Waals surface area contributed by atoms with Crippen molar-refractivity contribution >= 4 is 0 Å². The SMILES string of the molecule is CC(NCC(C)(C)CCCO)c1ccccc1F. The van der Waals surface area contributed by atoms with Gasteiger partial charge in [-0.1, -0.05) is 32.0 Å². The predicted molar refractivity (Wildman–Crippen MR) is 72.9 cm³/mol. The zero-order valence-corrected chi connectivity index (χ0v) is 11.5. The summed E-state index contributed by atoms with van der Waals surface area (Å²) >= 11 is 0. The standard InChI is InChI=1S/C15H24FNO/c1-12(13-7-4-5-8-14(13)16)17-11-15(2,3)9-6-10-18/h4-5,7-8,12,17-18H,6,9-11H2,1-3H3. The Hall–Kier alpha value is -0.930. The summed E-state index contributed by atoms with van der Waals surface area (Å²) in [5.74, 6) is -0.161. The molecule has 0 bridgehead atoms. The minimum absolute atomic E-state index is 0.000369. The molecule has 0 heterocycles. The maximum atomic E-state index is 13.6. The lowest BCUT2D eigenvalue weighted by Gasteiger charge is -2.27. The van der Waals surface area contributed by atoms with Crippen LogP contribution in [0.1, 0.15) is 45.2 Å². The van der Waals surface area contributed by atoms with Gasteiger partial charge in [-0.3, -0.25) is 0 Å². The van der Waals surface area contributed by atoms with Gasteiger partial charge in [-0.05, 0) is 31.2 Å². The first kappa shape index (κ1) is 15.1. The number of aliphatic hydroxyl groups excluding tert-OH is 1. The summed E-state index contributed by atoms with van der Waals surface area (Å²) in [5.41, 5.74) is 0.817. The van der Waals surface area contributed by atoms with E-state index in [0.29, 0.717) is 5.56 Å². The van der Waals surface area contributed by atoms with E-state index in [0.717, 1.165) is 19.4 Å². The first-order valence-electron chi connectivity index (χ1n) is 6.55. The lowest BCUT2D eigenvalue weighted by Crippen LogP contribution is -2.31. The van der Waals surface area contributed by atoms with Crippen LogP contribution in [-0.2, 0) is 0 Å². The molecule has 2 N–H and O–H groups in total. The predicted octanol–water partition coefficient (Wildman–Crippen LogP) is 3.28. The van der Waals surface area contributed by atoms with E-state index in [1.807, 2.05) is 19.1 Å². The van der Waals surface area contributed by atoms with Gasteiger partial charge in [0.15, 0.2) is 0 Å². The van der Waals surface area contributed by atoms with Crippen LogP contribution in [0.15, 0.2) is 24.3 Å². The van der Waals surface area contributed by atoms with Crippen LogP contribution >= 0.6 is 0 Å². The van der Waals surface area contributed by atoms with Crippen LogP contribution in [0, 0.1) is 11.2 Å². The smallest absolute Gasteiger partial charge is 0.127 e. The fraction of sp³-hybridized carbons (Fsp3) is 0.600. The molecule has 1 aromatic rings. The Bertz CT molecular complexity index is 365. The van der Waals surface area contributed by atoms with Gasteiger partial charge in [0.2, 0.25) is 0 Å². The quantitative estimate of drug-likeness (QED) is 0.781. The van der Waals surface area contributed by atoms with Crippen molar-refractivity contribution in [2.45, 2.75) is 39.7 Å². The second kappa shape index (κ2) is 6.86. The summed E-state index contributed by atoms with van der Waals surface area (Å²) in [7, 11) is 0. The minimum Gasteiger partial charge on any atom is -0.396 e. The Kier molecular flexibility index (Phi) is 5.76. The van der Waals surface area contributed by atoms with Crippen molar-refractivity contribution in [2.24, 2.45) is 5.41 Å². The molecule has 18 heavy (non-hydrogen) atoms. The number of benzene rings is 1. The maximum Gasteiger partial charge on any atom is 0.127 e. The zero-order valence-electron chi connectivity index (χ0n) is 11.5. The molecule has 0 spiro atoms. The Morgan fingerprint density at radius 3 is 2.61 bits per heavy atom. The molecule has 0 radical (unpaired) electrons. The first-order valence-corrected chi connectivity index (χ1v) is 6.55. The molecular weight excluding hydrogens is 229 g/mol. The van der Waals surface area contributed by atoms with Crippen molar-refractivity contribution < 1.29 is 9.50 Å². The van der Waals surface area contributed by atoms with Crippen molar-refractivity contribution in [3.63, 3.8) is 0 Å². The van der Waals surface area contributed by atoms with E-state index >= 15 is 0 Å².